The van der Waals surface area contributed by atoms with Crippen LogP contribution in [0, 0.1) is 0 Å². The molecule has 0 bridgehead atoms. The van der Waals surface area contributed by atoms with Crippen molar-refractivity contribution in [2.24, 2.45) is 0 Å². The zero-order valence-corrected chi connectivity index (χ0v) is 11.6. The molecule has 0 aromatic rings. The average molecular weight is 300 g/mol. The molecule has 0 saturated carbocycles. The topological polar surface area (TPSA) is 41.6 Å². The molecule has 1 aliphatic rings. The Morgan fingerprint density at radius 1 is 1.42 bits per heavy atom. The van der Waals surface area contributed by atoms with Gasteiger partial charge in [0.2, 0.25) is 0 Å². The number of amides is 2. The van der Waals surface area contributed by atoms with Gasteiger partial charge in [0.15, 0.2) is 0 Å². The maximum absolute atomic E-state index is 11.9. The minimum Gasteiger partial charge on any atom is -0.378 e. The molecule has 112 valence electrons. The number of thioether (sulfide) groups is 1. The Balaban J connectivity index is 2.14. The summed E-state index contributed by atoms with van der Waals surface area (Å²) in [7, 11) is 0. The van der Waals surface area contributed by atoms with Gasteiger partial charge in [-0.2, -0.15) is 13.2 Å². The molecule has 0 atom stereocenters. The monoisotopic (exact) mass is 300 g/mol. The van der Waals surface area contributed by atoms with Crippen LogP contribution in [0.3, 0.4) is 0 Å². The highest BCUT2D eigenvalue weighted by Crippen LogP contribution is 2.29. The molecule has 0 aliphatic carbocycles. The Morgan fingerprint density at radius 2 is 2.05 bits per heavy atom. The first-order valence-electron chi connectivity index (χ1n) is 6.27. The van der Waals surface area contributed by atoms with Gasteiger partial charge in [-0.25, -0.2) is 4.79 Å². The molecule has 4 nitrogen and oxygen atoms in total. The SMILES string of the molecule is CCOC1CCN(C(=O)NCCSC(F)(F)F)CC1. The van der Waals surface area contributed by atoms with Crippen LogP contribution in [-0.2, 0) is 4.74 Å². The van der Waals surface area contributed by atoms with Gasteiger partial charge < -0.3 is 15.0 Å². The lowest BCUT2D eigenvalue weighted by atomic mass is 10.1. The summed E-state index contributed by atoms with van der Waals surface area (Å²) in [6.45, 7) is 3.78. The fraction of sp³-hybridized carbons (Fsp3) is 0.909. The van der Waals surface area contributed by atoms with E-state index in [4.69, 9.17) is 4.74 Å². The number of likely N-dealkylation sites (tertiary alicyclic amines) is 1. The molecule has 1 saturated heterocycles. The average Bonchev–Trinajstić information content (AvgIpc) is 2.34. The van der Waals surface area contributed by atoms with E-state index in [1.54, 1.807) is 4.90 Å². The molecule has 2 amide bonds. The number of hydrogen-bond donors (Lipinski definition) is 1. The van der Waals surface area contributed by atoms with Crippen molar-refractivity contribution in [2.45, 2.75) is 31.4 Å². The van der Waals surface area contributed by atoms with Crippen LogP contribution in [0.2, 0.25) is 0 Å². The second-order valence-electron chi connectivity index (χ2n) is 4.17. The van der Waals surface area contributed by atoms with E-state index in [-0.39, 0.29) is 36.2 Å². The molecule has 0 aromatic heterocycles. The fourth-order valence-corrected chi connectivity index (χ4v) is 2.33. The molecule has 1 N–H and O–H groups in total. The quantitative estimate of drug-likeness (QED) is 0.793. The number of nitrogens with zero attached hydrogens (tertiary/aromatic N) is 1. The van der Waals surface area contributed by atoms with Crippen molar-refractivity contribution in [1.82, 2.24) is 10.2 Å². The van der Waals surface area contributed by atoms with Gasteiger partial charge in [-0.1, -0.05) is 0 Å². The third-order valence-electron chi connectivity index (χ3n) is 2.78. The lowest BCUT2D eigenvalue weighted by molar-refractivity contribution is -0.0327. The molecule has 19 heavy (non-hydrogen) atoms. The minimum atomic E-state index is -4.24. The molecule has 1 heterocycles. The standard InChI is InChI=1S/C11H19F3N2O2S/c1-2-18-9-3-6-16(7-4-9)10(17)15-5-8-19-11(12,13)14/h9H,2-8H2,1H3,(H,15,17). The fourth-order valence-electron chi connectivity index (χ4n) is 1.90. The van der Waals surface area contributed by atoms with Crippen LogP contribution in [0.25, 0.3) is 0 Å². The summed E-state index contributed by atoms with van der Waals surface area (Å²) in [6, 6.07) is -0.294. The number of alkyl halides is 3. The van der Waals surface area contributed by atoms with Crippen molar-refractivity contribution in [3.05, 3.63) is 0 Å². The Hall–Kier alpha value is -0.630. The van der Waals surface area contributed by atoms with E-state index in [2.05, 4.69) is 5.32 Å². The Labute approximate surface area is 115 Å². The van der Waals surface area contributed by atoms with Gasteiger partial charge in [0.05, 0.1) is 6.10 Å². The zero-order chi connectivity index (χ0) is 14.3. The highest BCUT2D eigenvalue weighted by molar-refractivity contribution is 8.00. The third-order valence-corrected chi connectivity index (χ3v) is 3.51. The summed E-state index contributed by atoms with van der Waals surface area (Å²) in [6.07, 6.45) is 1.74. The van der Waals surface area contributed by atoms with Crippen molar-refractivity contribution in [1.29, 1.82) is 0 Å². The van der Waals surface area contributed by atoms with Gasteiger partial charge >= 0.3 is 11.5 Å². The highest BCUT2D eigenvalue weighted by atomic mass is 32.2. The summed E-state index contributed by atoms with van der Waals surface area (Å²) >= 11 is -0.124. The second-order valence-corrected chi connectivity index (χ2v) is 5.33. The van der Waals surface area contributed by atoms with Gasteiger partial charge in [0.25, 0.3) is 0 Å². The summed E-state index contributed by atoms with van der Waals surface area (Å²) in [5.41, 5.74) is -4.24. The first kappa shape index (κ1) is 16.4. The number of hydrogen-bond acceptors (Lipinski definition) is 3. The Bertz CT molecular complexity index is 282. The lowest BCUT2D eigenvalue weighted by Gasteiger charge is -2.31. The highest BCUT2D eigenvalue weighted by Gasteiger charge is 2.28. The smallest absolute Gasteiger partial charge is 0.378 e. The van der Waals surface area contributed by atoms with E-state index in [0.29, 0.717) is 19.7 Å². The van der Waals surface area contributed by atoms with Crippen LogP contribution in [-0.4, -0.2) is 54.5 Å². The maximum Gasteiger partial charge on any atom is 0.441 e. The first-order valence-corrected chi connectivity index (χ1v) is 7.26. The molecule has 1 aliphatic heterocycles. The molecule has 1 fully saturated rings. The summed E-state index contributed by atoms with van der Waals surface area (Å²) in [5.74, 6) is -0.162. The predicted molar refractivity (Wildman–Crippen MR) is 68.1 cm³/mol. The van der Waals surface area contributed by atoms with Gasteiger partial charge in [-0.15, -0.1) is 0 Å². The maximum atomic E-state index is 11.9. The van der Waals surface area contributed by atoms with Crippen LogP contribution >= 0.6 is 11.8 Å². The molecule has 0 aromatic carbocycles. The van der Waals surface area contributed by atoms with E-state index in [0.717, 1.165) is 12.8 Å². The number of carbonyl (C=O) groups is 1. The van der Waals surface area contributed by atoms with Gasteiger partial charge in [-0.3, -0.25) is 0 Å². The predicted octanol–water partition coefficient (Wildman–Crippen LogP) is 2.45. The number of halogens is 3. The molecular weight excluding hydrogens is 281 g/mol. The number of carbonyl (C=O) groups excluding carboxylic acids is 1. The Morgan fingerprint density at radius 3 is 2.58 bits per heavy atom. The summed E-state index contributed by atoms with van der Waals surface area (Å²) in [4.78, 5) is 13.3. The first-order chi connectivity index (χ1) is 8.92. The molecule has 0 unspecified atom stereocenters. The van der Waals surface area contributed by atoms with Crippen LogP contribution in [0.15, 0.2) is 0 Å². The van der Waals surface area contributed by atoms with Crippen LogP contribution in [0.1, 0.15) is 19.8 Å². The van der Waals surface area contributed by atoms with Crippen molar-refractivity contribution < 1.29 is 22.7 Å². The Kier molecular flexibility index (Phi) is 6.78. The van der Waals surface area contributed by atoms with E-state index in [9.17, 15) is 18.0 Å². The lowest BCUT2D eigenvalue weighted by Crippen LogP contribution is -2.46. The van der Waals surface area contributed by atoms with Crippen molar-refractivity contribution in [3.8, 4) is 0 Å². The van der Waals surface area contributed by atoms with E-state index < -0.39 is 5.51 Å². The normalized spacial score (nSPS) is 17.6. The molecule has 0 radical (unpaired) electrons. The molecule has 8 heteroatoms. The van der Waals surface area contributed by atoms with Crippen LogP contribution < -0.4 is 5.32 Å². The van der Waals surface area contributed by atoms with E-state index >= 15 is 0 Å². The van der Waals surface area contributed by atoms with E-state index in [1.807, 2.05) is 6.92 Å². The molecule has 1 rings (SSSR count). The van der Waals surface area contributed by atoms with Gasteiger partial charge in [-0.05, 0) is 31.5 Å². The second kappa shape index (κ2) is 7.84. The molecule has 0 spiro atoms. The van der Waals surface area contributed by atoms with Crippen molar-refractivity contribution in [2.75, 3.05) is 32.0 Å². The summed E-state index contributed by atoms with van der Waals surface area (Å²) < 4.78 is 41.1. The molecular formula is C11H19F3N2O2S. The number of urea groups is 1. The summed E-state index contributed by atoms with van der Waals surface area (Å²) in [5, 5.41) is 2.50. The largest absolute Gasteiger partial charge is 0.441 e. The van der Waals surface area contributed by atoms with E-state index in [1.165, 1.54) is 0 Å². The number of rotatable bonds is 5. The van der Waals surface area contributed by atoms with Crippen molar-refractivity contribution in [3.63, 3.8) is 0 Å². The van der Waals surface area contributed by atoms with Crippen molar-refractivity contribution >= 4 is 17.8 Å². The number of piperidine rings is 1. The minimum absolute atomic E-state index is 0.0222. The third kappa shape index (κ3) is 6.91. The number of ether oxygens (including phenoxy) is 1. The van der Waals surface area contributed by atoms with Crippen LogP contribution in [0.4, 0.5) is 18.0 Å². The number of nitrogens with one attached hydrogen (secondary N) is 1. The van der Waals surface area contributed by atoms with Gasteiger partial charge in [0.1, 0.15) is 0 Å². The van der Waals surface area contributed by atoms with Crippen LogP contribution in [0.5, 0.6) is 0 Å². The zero-order valence-electron chi connectivity index (χ0n) is 10.8. The van der Waals surface area contributed by atoms with Gasteiger partial charge in [0, 0.05) is 32.0 Å².